The Kier molecular flexibility index (Phi) is 5.72. The molecule has 1 aliphatic rings. The molecule has 2 heterocycles. The molecule has 0 bridgehead atoms. The number of rotatable bonds is 7. The molecule has 0 saturated carbocycles. The predicted molar refractivity (Wildman–Crippen MR) is 78.8 cm³/mol. The fourth-order valence-electron chi connectivity index (χ4n) is 2.32. The van der Waals surface area contributed by atoms with Gasteiger partial charge in [-0.15, -0.1) is 10.2 Å². The van der Waals surface area contributed by atoms with Crippen LogP contribution < -0.4 is 5.32 Å². The summed E-state index contributed by atoms with van der Waals surface area (Å²) in [6, 6.07) is -0.120. The van der Waals surface area contributed by atoms with Gasteiger partial charge in [-0.1, -0.05) is 18.3 Å². The smallest absolute Gasteiger partial charge is 0.323 e. The van der Waals surface area contributed by atoms with Crippen LogP contribution >= 0.6 is 11.3 Å². The summed E-state index contributed by atoms with van der Waals surface area (Å²) in [7, 11) is 0. The van der Waals surface area contributed by atoms with Crippen molar-refractivity contribution in [3.63, 3.8) is 0 Å². The van der Waals surface area contributed by atoms with Gasteiger partial charge in [0.2, 0.25) is 5.13 Å². The summed E-state index contributed by atoms with van der Waals surface area (Å²) in [6.45, 7) is 6.89. The highest BCUT2D eigenvalue weighted by atomic mass is 32.1. The molecule has 1 aliphatic heterocycles. The van der Waals surface area contributed by atoms with Gasteiger partial charge in [-0.25, -0.2) is 0 Å². The Morgan fingerprint density at radius 2 is 2.35 bits per heavy atom. The predicted octanol–water partition coefficient (Wildman–Crippen LogP) is 1.89. The fourth-order valence-corrected chi connectivity index (χ4v) is 3.11. The standard InChI is InChI=1S/C13H22N4O2S/c1-3-7-14-13-16-15-11(20-13)9-17-8-5-6-10(17)12(18)19-4-2/h10H,3-9H2,1-2H3,(H,14,16). The van der Waals surface area contributed by atoms with E-state index in [0.29, 0.717) is 13.2 Å². The summed E-state index contributed by atoms with van der Waals surface area (Å²) in [4.78, 5) is 14.0. The molecule has 0 aliphatic carbocycles. The average Bonchev–Trinajstić information content (AvgIpc) is 3.06. The van der Waals surface area contributed by atoms with E-state index < -0.39 is 0 Å². The van der Waals surface area contributed by atoms with Crippen LogP contribution in [0.4, 0.5) is 5.13 Å². The lowest BCUT2D eigenvalue weighted by atomic mass is 10.2. The minimum absolute atomic E-state index is 0.112. The van der Waals surface area contributed by atoms with E-state index in [1.165, 1.54) is 0 Å². The van der Waals surface area contributed by atoms with Crippen LogP contribution in [0.15, 0.2) is 0 Å². The Morgan fingerprint density at radius 1 is 1.50 bits per heavy atom. The van der Waals surface area contributed by atoms with Crippen LogP contribution in [0.3, 0.4) is 0 Å². The number of likely N-dealkylation sites (tertiary alicyclic amines) is 1. The highest BCUT2D eigenvalue weighted by Gasteiger charge is 2.32. The maximum Gasteiger partial charge on any atom is 0.323 e. The van der Waals surface area contributed by atoms with Crippen LogP contribution in [0.2, 0.25) is 0 Å². The number of nitrogens with zero attached hydrogens (tertiary/aromatic N) is 3. The van der Waals surface area contributed by atoms with Gasteiger partial charge in [0, 0.05) is 6.54 Å². The Balaban J connectivity index is 1.91. The highest BCUT2D eigenvalue weighted by Crippen LogP contribution is 2.23. The fraction of sp³-hybridized carbons (Fsp3) is 0.769. The molecule has 1 aromatic rings. The molecular formula is C13H22N4O2S. The van der Waals surface area contributed by atoms with Crippen molar-refractivity contribution in [3.8, 4) is 0 Å². The molecule has 112 valence electrons. The number of anilines is 1. The van der Waals surface area contributed by atoms with E-state index in [2.05, 4.69) is 27.3 Å². The number of hydrogen-bond acceptors (Lipinski definition) is 7. The van der Waals surface area contributed by atoms with E-state index >= 15 is 0 Å². The highest BCUT2D eigenvalue weighted by molar-refractivity contribution is 7.15. The molecule has 20 heavy (non-hydrogen) atoms. The lowest BCUT2D eigenvalue weighted by Crippen LogP contribution is -2.36. The van der Waals surface area contributed by atoms with Crippen molar-refractivity contribution < 1.29 is 9.53 Å². The second-order valence-electron chi connectivity index (χ2n) is 4.81. The molecule has 0 aromatic carbocycles. The Bertz CT molecular complexity index is 438. The molecule has 1 atom stereocenters. The van der Waals surface area contributed by atoms with Crippen molar-refractivity contribution in [2.75, 3.05) is 25.0 Å². The normalized spacial score (nSPS) is 19.2. The van der Waals surface area contributed by atoms with Crippen LogP contribution in [0, 0.1) is 0 Å². The molecule has 1 unspecified atom stereocenters. The third kappa shape index (κ3) is 3.89. The van der Waals surface area contributed by atoms with Gasteiger partial charge in [0.15, 0.2) is 0 Å². The summed E-state index contributed by atoms with van der Waals surface area (Å²) in [5.74, 6) is -0.112. The second kappa shape index (κ2) is 7.54. The summed E-state index contributed by atoms with van der Waals surface area (Å²) in [6.07, 6.45) is 2.97. The van der Waals surface area contributed by atoms with E-state index in [1.54, 1.807) is 11.3 Å². The number of esters is 1. The molecule has 7 heteroatoms. The molecule has 1 saturated heterocycles. The van der Waals surface area contributed by atoms with Gasteiger partial charge in [-0.2, -0.15) is 0 Å². The van der Waals surface area contributed by atoms with Crippen molar-refractivity contribution in [1.29, 1.82) is 0 Å². The van der Waals surface area contributed by atoms with E-state index in [1.807, 2.05) is 6.92 Å². The molecule has 0 amide bonds. The van der Waals surface area contributed by atoms with Gasteiger partial charge >= 0.3 is 5.97 Å². The first-order valence-electron chi connectivity index (χ1n) is 7.21. The summed E-state index contributed by atoms with van der Waals surface area (Å²) < 4.78 is 5.13. The topological polar surface area (TPSA) is 67.4 Å². The Hall–Kier alpha value is -1.21. The molecule has 2 rings (SSSR count). The van der Waals surface area contributed by atoms with Crippen LogP contribution in [0.25, 0.3) is 0 Å². The Labute approximate surface area is 123 Å². The molecule has 6 nitrogen and oxygen atoms in total. The van der Waals surface area contributed by atoms with E-state index in [0.717, 1.165) is 42.5 Å². The Morgan fingerprint density at radius 3 is 3.10 bits per heavy atom. The van der Waals surface area contributed by atoms with Crippen molar-refractivity contribution >= 4 is 22.4 Å². The third-order valence-electron chi connectivity index (χ3n) is 3.25. The van der Waals surface area contributed by atoms with Gasteiger partial charge in [-0.3, -0.25) is 9.69 Å². The van der Waals surface area contributed by atoms with E-state index in [9.17, 15) is 4.79 Å². The van der Waals surface area contributed by atoms with E-state index in [4.69, 9.17) is 4.74 Å². The molecule has 1 N–H and O–H groups in total. The van der Waals surface area contributed by atoms with Crippen LogP contribution in [0.5, 0.6) is 0 Å². The first-order chi connectivity index (χ1) is 9.74. The molecule has 1 aromatic heterocycles. The number of carbonyl (C=O) groups is 1. The molecule has 0 radical (unpaired) electrons. The SMILES string of the molecule is CCCNc1nnc(CN2CCCC2C(=O)OCC)s1. The third-order valence-corrected chi connectivity index (χ3v) is 4.12. The first kappa shape index (κ1) is 15.2. The van der Waals surface area contributed by atoms with Crippen molar-refractivity contribution in [2.45, 2.75) is 45.7 Å². The first-order valence-corrected chi connectivity index (χ1v) is 8.03. The van der Waals surface area contributed by atoms with Crippen LogP contribution in [0.1, 0.15) is 38.1 Å². The maximum atomic E-state index is 11.9. The summed E-state index contributed by atoms with van der Waals surface area (Å²) >= 11 is 1.56. The summed E-state index contributed by atoms with van der Waals surface area (Å²) in [5.41, 5.74) is 0. The number of carbonyl (C=O) groups excluding carboxylic acids is 1. The van der Waals surface area contributed by atoms with Crippen LogP contribution in [-0.2, 0) is 16.1 Å². The number of aromatic nitrogens is 2. The second-order valence-corrected chi connectivity index (χ2v) is 5.87. The number of hydrogen-bond donors (Lipinski definition) is 1. The zero-order valence-electron chi connectivity index (χ0n) is 12.1. The van der Waals surface area contributed by atoms with E-state index in [-0.39, 0.29) is 12.0 Å². The number of ether oxygens (including phenoxy) is 1. The van der Waals surface area contributed by atoms with Gasteiger partial charge in [-0.05, 0) is 32.7 Å². The quantitative estimate of drug-likeness (QED) is 0.775. The lowest BCUT2D eigenvalue weighted by Gasteiger charge is -2.21. The molecular weight excluding hydrogens is 276 g/mol. The van der Waals surface area contributed by atoms with Crippen molar-refractivity contribution in [2.24, 2.45) is 0 Å². The van der Waals surface area contributed by atoms with Gasteiger partial charge in [0.25, 0.3) is 0 Å². The summed E-state index contributed by atoms with van der Waals surface area (Å²) in [5, 5.41) is 13.3. The monoisotopic (exact) mass is 298 g/mol. The van der Waals surface area contributed by atoms with Gasteiger partial charge < -0.3 is 10.1 Å². The lowest BCUT2D eigenvalue weighted by molar-refractivity contribution is -0.148. The van der Waals surface area contributed by atoms with Gasteiger partial charge in [0.05, 0.1) is 13.2 Å². The van der Waals surface area contributed by atoms with Gasteiger partial charge in [0.1, 0.15) is 11.0 Å². The zero-order valence-corrected chi connectivity index (χ0v) is 12.9. The number of nitrogens with one attached hydrogen (secondary N) is 1. The average molecular weight is 298 g/mol. The minimum atomic E-state index is -0.120. The molecule has 0 spiro atoms. The zero-order chi connectivity index (χ0) is 14.4. The minimum Gasteiger partial charge on any atom is -0.465 e. The van der Waals surface area contributed by atoms with Crippen LogP contribution in [-0.4, -0.2) is 46.8 Å². The molecule has 1 fully saturated rings. The van der Waals surface area contributed by atoms with Crippen molar-refractivity contribution in [1.82, 2.24) is 15.1 Å². The largest absolute Gasteiger partial charge is 0.465 e. The van der Waals surface area contributed by atoms with Crippen molar-refractivity contribution in [3.05, 3.63) is 5.01 Å². The maximum absolute atomic E-state index is 11.9.